The first-order valence-electron chi connectivity index (χ1n) is 7.30. The van der Waals surface area contributed by atoms with Gasteiger partial charge in [0.2, 0.25) is 0 Å². The molecule has 0 atom stereocenters. The molecule has 0 aliphatic rings. The minimum absolute atomic E-state index is 0.992. The van der Waals surface area contributed by atoms with E-state index in [0.717, 1.165) is 16.5 Å². The molecule has 0 bridgehead atoms. The Bertz CT molecular complexity index is 1020. The van der Waals surface area contributed by atoms with Crippen molar-refractivity contribution in [3.63, 3.8) is 0 Å². The number of rotatable bonds is 0. The molecule has 0 heteroatoms. The lowest BCUT2D eigenvalue weighted by Crippen LogP contribution is -1.80. The highest BCUT2D eigenvalue weighted by Gasteiger charge is 1.97. The van der Waals surface area contributed by atoms with Crippen molar-refractivity contribution in [2.75, 3.05) is 0 Å². The van der Waals surface area contributed by atoms with E-state index >= 15 is 0 Å². The maximum atomic E-state index is 3.30. The predicted octanol–water partition coefficient (Wildman–Crippen LogP) is 5.19. The van der Waals surface area contributed by atoms with Crippen molar-refractivity contribution < 1.29 is 0 Å². The average Bonchev–Trinajstić information content (AvgIpc) is 2.60. The molecular formula is C22H13. The molecule has 4 aromatic carbocycles. The van der Waals surface area contributed by atoms with Crippen LogP contribution in [0.25, 0.3) is 21.5 Å². The first-order chi connectivity index (χ1) is 10.9. The topological polar surface area (TPSA) is 0 Å². The number of hydrogen-bond acceptors (Lipinski definition) is 0. The van der Waals surface area contributed by atoms with E-state index in [1.54, 1.807) is 0 Å². The van der Waals surface area contributed by atoms with Gasteiger partial charge in [-0.2, -0.15) is 0 Å². The van der Waals surface area contributed by atoms with E-state index in [4.69, 9.17) is 0 Å². The van der Waals surface area contributed by atoms with E-state index in [1.807, 2.05) is 18.2 Å². The van der Waals surface area contributed by atoms with E-state index in [2.05, 4.69) is 78.6 Å². The van der Waals surface area contributed by atoms with Crippen LogP contribution >= 0.6 is 0 Å². The van der Waals surface area contributed by atoms with Crippen LogP contribution in [0.3, 0.4) is 0 Å². The highest BCUT2D eigenvalue weighted by molar-refractivity contribution is 5.88. The summed E-state index contributed by atoms with van der Waals surface area (Å²) >= 11 is 0. The first kappa shape index (κ1) is 12.7. The van der Waals surface area contributed by atoms with Gasteiger partial charge in [-0.05, 0) is 45.8 Å². The van der Waals surface area contributed by atoms with Crippen LogP contribution in [0.2, 0.25) is 0 Å². The largest absolute Gasteiger partial charge is 0.0616 e. The van der Waals surface area contributed by atoms with Gasteiger partial charge in [0.15, 0.2) is 0 Å². The number of hydrogen-bond donors (Lipinski definition) is 0. The second kappa shape index (κ2) is 5.39. The summed E-state index contributed by atoms with van der Waals surface area (Å²) in [5, 5.41) is 4.71. The standard InChI is InChI=1S/C22H13/c1-2-8-21-16-17(12-14-18(21)6-1)13-15-20-10-5-9-19-7-3-4-11-22(19)20/h1-12,16H. The van der Waals surface area contributed by atoms with Crippen LogP contribution < -0.4 is 0 Å². The van der Waals surface area contributed by atoms with Gasteiger partial charge in [0.25, 0.3) is 0 Å². The lowest BCUT2D eigenvalue weighted by molar-refractivity contribution is 1.67. The Hall–Kier alpha value is -3.04. The lowest BCUT2D eigenvalue weighted by Gasteiger charge is -2.00. The Kier molecular flexibility index (Phi) is 3.11. The van der Waals surface area contributed by atoms with Crippen molar-refractivity contribution in [1.82, 2.24) is 0 Å². The van der Waals surface area contributed by atoms with Crippen LogP contribution in [-0.2, 0) is 0 Å². The fraction of sp³-hybridized carbons (Fsp3) is 0. The molecule has 0 saturated carbocycles. The minimum atomic E-state index is 0.992. The molecule has 0 unspecified atom stereocenters. The molecule has 4 rings (SSSR count). The molecule has 0 N–H and O–H groups in total. The average molecular weight is 277 g/mol. The summed E-state index contributed by atoms with van der Waals surface area (Å²) in [4.78, 5) is 0. The molecule has 22 heavy (non-hydrogen) atoms. The molecule has 0 aliphatic heterocycles. The second-order valence-electron chi connectivity index (χ2n) is 5.25. The highest BCUT2D eigenvalue weighted by Crippen LogP contribution is 2.18. The SMILES string of the molecule is C(#Cc1cccc2ccccc12)c1c[c]c2ccccc2c1. The number of benzene rings is 4. The van der Waals surface area contributed by atoms with Crippen LogP contribution in [0.15, 0.2) is 78.9 Å². The Morgan fingerprint density at radius 2 is 1.45 bits per heavy atom. The molecule has 1 radical (unpaired) electrons. The van der Waals surface area contributed by atoms with E-state index in [1.165, 1.54) is 16.2 Å². The molecular weight excluding hydrogens is 264 g/mol. The quantitative estimate of drug-likeness (QED) is 0.388. The summed E-state index contributed by atoms with van der Waals surface area (Å²) in [5.74, 6) is 6.56. The highest BCUT2D eigenvalue weighted by atomic mass is 14.0. The van der Waals surface area contributed by atoms with Gasteiger partial charge < -0.3 is 0 Å². The molecule has 101 valence electrons. The van der Waals surface area contributed by atoms with E-state index < -0.39 is 0 Å². The van der Waals surface area contributed by atoms with Gasteiger partial charge in [0, 0.05) is 11.1 Å². The molecule has 0 heterocycles. The summed E-state index contributed by atoms with van der Waals surface area (Å²) in [6.45, 7) is 0. The smallest absolute Gasteiger partial charge is 0.0327 e. The monoisotopic (exact) mass is 277 g/mol. The zero-order valence-electron chi connectivity index (χ0n) is 12.0. The Morgan fingerprint density at radius 3 is 2.41 bits per heavy atom. The van der Waals surface area contributed by atoms with Gasteiger partial charge in [-0.15, -0.1) is 0 Å². The molecule has 0 fully saturated rings. The first-order valence-corrected chi connectivity index (χ1v) is 7.30. The van der Waals surface area contributed by atoms with Crippen LogP contribution in [0.5, 0.6) is 0 Å². The van der Waals surface area contributed by atoms with E-state index in [0.29, 0.717) is 0 Å². The summed E-state index contributed by atoms with van der Waals surface area (Å²) in [7, 11) is 0. The minimum Gasteiger partial charge on any atom is -0.0616 e. The van der Waals surface area contributed by atoms with Gasteiger partial charge in [-0.1, -0.05) is 72.5 Å². The van der Waals surface area contributed by atoms with Crippen molar-refractivity contribution in [1.29, 1.82) is 0 Å². The maximum absolute atomic E-state index is 3.30. The molecule has 4 aromatic rings. The molecule has 0 nitrogen and oxygen atoms in total. The Balaban J connectivity index is 1.80. The fourth-order valence-electron chi connectivity index (χ4n) is 2.67. The molecule has 0 aromatic heterocycles. The normalized spacial score (nSPS) is 10.4. The summed E-state index contributed by atoms with van der Waals surface area (Å²) in [6.07, 6.45) is 0. The molecule has 0 spiro atoms. The van der Waals surface area contributed by atoms with Crippen molar-refractivity contribution in [2.45, 2.75) is 0 Å². The zero-order chi connectivity index (χ0) is 14.8. The molecule has 0 aliphatic carbocycles. The van der Waals surface area contributed by atoms with Gasteiger partial charge in [-0.25, -0.2) is 0 Å². The molecule has 0 amide bonds. The van der Waals surface area contributed by atoms with Crippen molar-refractivity contribution in [3.05, 3.63) is 96.1 Å². The van der Waals surface area contributed by atoms with Crippen molar-refractivity contribution in [2.24, 2.45) is 0 Å². The van der Waals surface area contributed by atoms with Crippen molar-refractivity contribution in [3.8, 4) is 11.8 Å². The van der Waals surface area contributed by atoms with Gasteiger partial charge in [0.05, 0.1) is 0 Å². The van der Waals surface area contributed by atoms with Crippen LogP contribution in [-0.4, -0.2) is 0 Å². The Labute approximate surface area is 130 Å². The fourth-order valence-corrected chi connectivity index (χ4v) is 2.67. The van der Waals surface area contributed by atoms with Gasteiger partial charge >= 0.3 is 0 Å². The van der Waals surface area contributed by atoms with E-state index in [9.17, 15) is 0 Å². The summed E-state index contributed by atoms with van der Waals surface area (Å²) in [5.41, 5.74) is 2.05. The second-order valence-corrected chi connectivity index (χ2v) is 5.25. The van der Waals surface area contributed by atoms with E-state index in [-0.39, 0.29) is 0 Å². The van der Waals surface area contributed by atoms with Gasteiger partial charge in [0.1, 0.15) is 0 Å². The lowest BCUT2D eigenvalue weighted by atomic mass is 10.0. The van der Waals surface area contributed by atoms with Gasteiger partial charge in [-0.3, -0.25) is 0 Å². The summed E-state index contributed by atoms with van der Waals surface area (Å²) in [6, 6.07) is 30.2. The third-order valence-corrected chi connectivity index (χ3v) is 3.79. The van der Waals surface area contributed by atoms with Crippen LogP contribution in [0.1, 0.15) is 11.1 Å². The third kappa shape index (κ3) is 2.34. The predicted molar refractivity (Wildman–Crippen MR) is 92.7 cm³/mol. The summed E-state index contributed by atoms with van der Waals surface area (Å²) < 4.78 is 0. The Morgan fingerprint density at radius 1 is 0.682 bits per heavy atom. The van der Waals surface area contributed by atoms with Crippen molar-refractivity contribution >= 4 is 21.5 Å². The van der Waals surface area contributed by atoms with Crippen LogP contribution in [0, 0.1) is 17.9 Å². The maximum Gasteiger partial charge on any atom is 0.0327 e. The third-order valence-electron chi connectivity index (χ3n) is 3.79. The number of fused-ring (bicyclic) bond motifs is 2. The zero-order valence-corrected chi connectivity index (χ0v) is 12.0. The van der Waals surface area contributed by atoms with Crippen LogP contribution in [0.4, 0.5) is 0 Å². The molecule has 0 saturated heterocycles.